The summed E-state index contributed by atoms with van der Waals surface area (Å²) < 4.78 is 0. The average Bonchev–Trinajstić information content (AvgIpc) is 2.68. The molecule has 0 aliphatic carbocycles. The van der Waals surface area contributed by atoms with Crippen molar-refractivity contribution in [2.45, 2.75) is 25.7 Å². The summed E-state index contributed by atoms with van der Waals surface area (Å²) in [6, 6.07) is 17.4. The fraction of sp³-hybridized carbons (Fsp3) is 0.400. The summed E-state index contributed by atoms with van der Waals surface area (Å²) in [4.78, 5) is 0. The zero-order valence-corrected chi connectivity index (χ0v) is 15.1. The number of phenols is 2. The van der Waals surface area contributed by atoms with Gasteiger partial charge in [0.05, 0.1) is 13.2 Å². The predicted molar refractivity (Wildman–Crippen MR) is 103 cm³/mol. The number of para-hydroxylation sites is 2. The molecule has 0 radical (unpaired) electrons. The van der Waals surface area contributed by atoms with Crippen molar-refractivity contribution in [1.29, 1.82) is 0 Å². The Bertz CT molecular complexity index is 419. The molecule has 6 heteroatoms. The maximum atomic E-state index is 8.63. The van der Waals surface area contributed by atoms with Gasteiger partial charge in [-0.1, -0.05) is 49.2 Å². The van der Waals surface area contributed by atoms with Crippen LogP contribution in [0.5, 0.6) is 11.5 Å². The largest absolute Gasteiger partial charge is 0.508 e. The molecule has 0 heterocycles. The van der Waals surface area contributed by atoms with Crippen LogP contribution in [0.2, 0.25) is 0 Å². The molecular formula is C20H32O6. The Morgan fingerprint density at radius 1 is 0.423 bits per heavy atom. The minimum atomic E-state index is -0.125. The topological polar surface area (TPSA) is 121 Å². The van der Waals surface area contributed by atoms with Crippen LogP contribution >= 0.6 is 0 Å². The molecule has 0 bridgehead atoms. The van der Waals surface area contributed by atoms with Crippen LogP contribution in [-0.2, 0) is 0 Å². The molecule has 2 rings (SSSR count). The summed E-state index contributed by atoms with van der Waals surface area (Å²) in [5, 5.41) is 49.1. The first-order valence-corrected chi connectivity index (χ1v) is 8.53. The molecule has 0 aliphatic heterocycles. The van der Waals surface area contributed by atoms with Gasteiger partial charge in [-0.3, -0.25) is 0 Å². The minimum Gasteiger partial charge on any atom is -0.508 e. The van der Waals surface area contributed by atoms with Crippen LogP contribution in [-0.4, -0.2) is 57.1 Å². The Morgan fingerprint density at radius 3 is 0.885 bits per heavy atom. The highest BCUT2D eigenvalue weighted by Gasteiger charge is 1.84. The molecule has 0 unspecified atom stereocenters. The number of hydrogen-bond acceptors (Lipinski definition) is 6. The van der Waals surface area contributed by atoms with E-state index in [1.54, 1.807) is 48.5 Å². The Morgan fingerprint density at radius 2 is 0.731 bits per heavy atom. The molecular weight excluding hydrogens is 336 g/mol. The lowest BCUT2D eigenvalue weighted by Gasteiger charge is -1.93. The van der Waals surface area contributed by atoms with Gasteiger partial charge in [-0.15, -0.1) is 0 Å². The highest BCUT2D eigenvalue weighted by atomic mass is 16.3. The van der Waals surface area contributed by atoms with E-state index in [1.165, 1.54) is 0 Å². The lowest BCUT2D eigenvalue weighted by atomic mass is 10.2. The van der Waals surface area contributed by atoms with E-state index in [2.05, 4.69) is 0 Å². The number of rotatable bonds is 6. The Hall–Kier alpha value is -2.12. The molecule has 0 spiro atoms. The average molecular weight is 368 g/mol. The lowest BCUT2D eigenvalue weighted by Crippen LogP contribution is -1.85. The molecule has 0 aromatic heterocycles. The maximum Gasteiger partial charge on any atom is 0.115 e. The zero-order chi connectivity index (χ0) is 19.9. The van der Waals surface area contributed by atoms with Gasteiger partial charge in [-0.05, 0) is 37.1 Å². The molecule has 6 nitrogen and oxygen atoms in total. The van der Waals surface area contributed by atoms with Crippen molar-refractivity contribution in [2.24, 2.45) is 0 Å². The second kappa shape index (κ2) is 22.9. The quantitative estimate of drug-likeness (QED) is 0.435. The number of aliphatic hydroxyl groups is 4. The van der Waals surface area contributed by atoms with Gasteiger partial charge < -0.3 is 30.6 Å². The molecule has 6 N–H and O–H groups in total. The Kier molecular flexibility index (Phi) is 23.0. The first-order valence-electron chi connectivity index (χ1n) is 8.53. The van der Waals surface area contributed by atoms with Crippen LogP contribution in [0.4, 0.5) is 0 Å². The SMILES string of the molecule is OCCCCCCO.OCCO.Oc1ccccc1.Oc1ccccc1. The van der Waals surface area contributed by atoms with E-state index in [-0.39, 0.29) is 26.4 Å². The molecule has 0 saturated heterocycles. The Balaban J connectivity index is 0. The summed E-state index contributed by atoms with van der Waals surface area (Å²) in [5.41, 5.74) is 0. The van der Waals surface area contributed by atoms with E-state index in [0.717, 1.165) is 25.7 Å². The number of aliphatic hydroxyl groups excluding tert-OH is 4. The molecule has 0 saturated carbocycles. The number of unbranched alkanes of at least 4 members (excludes halogenated alkanes) is 3. The van der Waals surface area contributed by atoms with Crippen molar-refractivity contribution in [1.82, 2.24) is 0 Å². The van der Waals surface area contributed by atoms with Crippen LogP contribution < -0.4 is 0 Å². The number of aromatic hydroxyl groups is 2. The van der Waals surface area contributed by atoms with Crippen LogP contribution in [0.15, 0.2) is 60.7 Å². The van der Waals surface area contributed by atoms with Crippen molar-refractivity contribution >= 4 is 0 Å². The maximum absolute atomic E-state index is 8.63. The highest BCUT2D eigenvalue weighted by molar-refractivity contribution is 5.19. The Labute approximate surface area is 155 Å². The van der Waals surface area contributed by atoms with E-state index < -0.39 is 0 Å². The van der Waals surface area contributed by atoms with E-state index in [0.29, 0.717) is 11.5 Å². The van der Waals surface area contributed by atoms with Gasteiger partial charge in [0.2, 0.25) is 0 Å². The van der Waals surface area contributed by atoms with Crippen LogP contribution in [0.3, 0.4) is 0 Å². The van der Waals surface area contributed by atoms with E-state index in [4.69, 9.17) is 30.6 Å². The van der Waals surface area contributed by atoms with Crippen molar-refractivity contribution in [3.8, 4) is 11.5 Å². The molecule has 0 atom stereocenters. The standard InChI is InChI=1S/C6H14O2.2C6H6O.C2H6O2/c7-5-3-1-2-4-6-8;2*7-6-4-2-1-3-5-6;3-1-2-4/h7-8H,1-6H2;2*1-5,7H;3-4H,1-2H2. The van der Waals surface area contributed by atoms with Crippen molar-refractivity contribution in [2.75, 3.05) is 26.4 Å². The second-order valence-corrected chi connectivity index (χ2v) is 4.98. The monoisotopic (exact) mass is 368 g/mol. The minimum absolute atomic E-state index is 0.125. The molecule has 0 aliphatic rings. The van der Waals surface area contributed by atoms with Crippen molar-refractivity contribution in [3.63, 3.8) is 0 Å². The van der Waals surface area contributed by atoms with Crippen molar-refractivity contribution < 1.29 is 30.6 Å². The van der Waals surface area contributed by atoms with Gasteiger partial charge in [-0.25, -0.2) is 0 Å². The number of benzene rings is 2. The van der Waals surface area contributed by atoms with Crippen LogP contribution in [0.1, 0.15) is 25.7 Å². The van der Waals surface area contributed by atoms with Crippen LogP contribution in [0.25, 0.3) is 0 Å². The highest BCUT2D eigenvalue weighted by Crippen LogP contribution is 2.03. The van der Waals surface area contributed by atoms with E-state index in [1.807, 2.05) is 12.1 Å². The molecule has 2 aromatic rings. The van der Waals surface area contributed by atoms with Gasteiger partial charge in [0.25, 0.3) is 0 Å². The van der Waals surface area contributed by atoms with Gasteiger partial charge in [0.15, 0.2) is 0 Å². The van der Waals surface area contributed by atoms with E-state index >= 15 is 0 Å². The smallest absolute Gasteiger partial charge is 0.115 e. The summed E-state index contributed by atoms with van der Waals surface area (Å²) in [5.74, 6) is 0.644. The van der Waals surface area contributed by atoms with Gasteiger partial charge >= 0.3 is 0 Å². The molecule has 0 amide bonds. The summed E-state index contributed by atoms with van der Waals surface area (Å²) in [6.07, 6.45) is 3.83. The molecule has 148 valence electrons. The van der Waals surface area contributed by atoms with Crippen molar-refractivity contribution in [3.05, 3.63) is 60.7 Å². The third kappa shape index (κ3) is 24.1. The fourth-order valence-electron chi connectivity index (χ4n) is 1.43. The first kappa shape index (κ1) is 26.1. The third-order valence-electron chi connectivity index (χ3n) is 2.68. The second-order valence-electron chi connectivity index (χ2n) is 4.98. The fourth-order valence-corrected chi connectivity index (χ4v) is 1.43. The van der Waals surface area contributed by atoms with Crippen LogP contribution in [0, 0.1) is 0 Å². The number of phenolic OH excluding ortho intramolecular Hbond substituents is 2. The van der Waals surface area contributed by atoms with Gasteiger partial charge in [0.1, 0.15) is 11.5 Å². The lowest BCUT2D eigenvalue weighted by molar-refractivity contribution is 0.186. The molecule has 26 heavy (non-hydrogen) atoms. The molecule has 2 aromatic carbocycles. The summed E-state index contributed by atoms with van der Waals surface area (Å²) >= 11 is 0. The first-order chi connectivity index (χ1) is 12.6. The summed E-state index contributed by atoms with van der Waals surface area (Å²) in [6.45, 7) is 0.316. The zero-order valence-electron chi connectivity index (χ0n) is 15.1. The normalized spacial score (nSPS) is 8.77. The molecule has 0 fully saturated rings. The van der Waals surface area contributed by atoms with Gasteiger partial charge in [-0.2, -0.15) is 0 Å². The third-order valence-corrected chi connectivity index (χ3v) is 2.68. The van der Waals surface area contributed by atoms with Gasteiger partial charge in [0, 0.05) is 13.2 Å². The predicted octanol–water partition coefficient (Wildman–Crippen LogP) is 2.29. The number of hydrogen-bond donors (Lipinski definition) is 6. The summed E-state index contributed by atoms with van der Waals surface area (Å²) in [7, 11) is 0. The van der Waals surface area contributed by atoms with E-state index in [9.17, 15) is 0 Å².